The highest BCUT2D eigenvalue weighted by molar-refractivity contribution is 7.87. The second kappa shape index (κ2) is 9.08. The minimum Gasteiger partial charge on any atom is -0.382 e. The van der Waals surface area contributed by atoms with E-state index in [4.69, 9.17) is 5.73 Å². The number of halogens is 1. The van der Waals surface area contributed by atoms with Gasteiger partial charge in [0.05, 0.1) is 11.4 Å². The van der Waals surface area contributed by atoms with Crippen molar-refractivity contribution in [1.29, 1.82) is 5.26 Å². The zero-order valence-corrected chi connectivity index (χ0v) is 18.1. The molecule has 0 saturated carbocycles. The number of nitrogens with two attached hydrogens (primary N) is 1. The summed E-state index contributed by atoms with van der Waals surface area (Å²) in [7, 11) is -3.61. The molecule has 0 bridgehead atoms. The fourth-order valence-electron chi connectivity index (χ4n) is 3.78. The summed E-state index contributed by atoms with van der Waals surface area (Å²) in [5.74, 6) is -0.216. The lowest BCUT2D eigenvalue weighted by molar-refractivity contribution is 0.383. The standard InChI is InChI=1S/C22H23FN6O2S/c23-18-7-9-19(10-8-18)29-22(25)20(14-24)21(27-29)6-3-12-26-32(30,31)28-13-11-16-4-1-2-5-17(16)15-28/h1-2,4-5,7-10,26H,3,6,11-13,15,25H2. The maximum Gasteiger partial charge on any atom is 0.279 e. The third kappa shape index (κ3) is 4.50. The van der Waals surface area contributed by atoms with Crippen molar-refractivity contribution in [3.63, 3.8) is 0 Å². The Morgan fingerprint density at radius 2 is 1.88 bits per heavy atom. The minimum absolute atomic E-state index is 0.168. The molecule has 3 N–H and O–H groups in total. The molecule has 0 saturated heterocycles. The second-order valence-corrected chi connectivity index (χ2v) is 9.32. The molecule has 3 aromatic rings. The van der Waals surface area contributed by atoms with Crippen molar-refractivity contribution in [2.75, 3.05) is 18.8 Å². The number of nitriles is 1. The zero-order chi connectivity index (χ0) is 22.7. The largest absolute Gasteiger partial charge is 0.382 e. The van der Waals surface area contributed by atoms with Gasteiger partial charge < -0.3 is 5.73 Å². The van der Waals surface area contributed by atoms with E-state index < -0.39 is 10.2 Å². The minimum atomic E-state index is -3.61. The quantitative estimate of drug-likeness (QED) is 0.531. The van der Waals surface area contributed by atoms with E-state index in [0.29, 0.717) is 43.7 Å². The fourth-order valence-corrected chi connectivity index (χ4v) is 5.00. The molecule has 0 unspecified atom stereocenters. The van der Waals surface area contributed by atoms with Gasteiger partial charge in [-0.1, -0.05) is 24.3 Å². The highest BCUT2D eigenvalue weighted by atomic mass is 32.2. The van der Waals surface area contributed by atoms with Crippen molar-refractivity contribution in [1.82, 2.24) is 18.8 Å². The highest BCUT2D eigenvalue weighted by Crippen LogP contribution is 2.22. The summed E-state index contributed by atoms with van der Waals surface area (Å²) in [6.45, 7) is 0.987. The van der Waals surface area contributed by atoms with E-state index in [1.807, 2.05) is 24.3 Å². The van der Waals surface area contributed by atoms with Crippen LogP contribution >= 0.6 is 0 Å². The topological polar surface area (TPSA) is 117 Å². The van der Waals surface area contributed by atoms with Crippen LogP contribution in [0, 0.1) is 17.1 Å². The van der Waals surface area contributed by atoms with Crippen LogP contribution in [-0.2, 0) is 29.6 Å². The molecule has 0 fully saturated rings. The molecule has 4 rings (SSSR count). The van der Waals surface area contributed by atoms with Gasteiger partial charge >= 0.3 is 0 Å². The smallest absolute Gasteiger partial charge is 0.279 e. The lowest BCUT2D eigenvalue weighted by atomic mass is 10.0. The number of nitrogens with one attached hydrogen (secondary N) is 1. The van der Waals surface area contributed by atoms with Crippen LogP contribution in [0.25, 0.3) is 5.69 Å². The van der Waals surface area contributed by atoms with Crippen molar-refractivity contribution >= 4 is 16.0 Å². The summed E-state index contributed by atoms with van der Waals surface area (Å²) < 4.78 is 44.0. The number of aromatic nitrogens is 2. The predicted octanol–water partition coefficient (Wildman–Crippen LogP) is 2.29. The van der Waals surface area contributed by atoms with Gasteiger partial charge in [-0.2, -0.15) is 23.1 Å². The molecule has 1 aliphatic heterocycles. The number of benzene rings is 2. The Morgan fingerprint density at radius 3 is 2.59 bits per heavy atom. The van der Waals surface area contributed by atoms with Crippen LogP contribution in [0.2, 0.25) is 0 Å². The molecule has 1 aromatic heterocycles. The van der Waals surface area contributed by atoms with E-state index in [2.05, 4.69) is 15.9 Å². The Hall–Kier alpha value is -3.26. The number of anilines is 1. The van der Waals surface area contributed by atoms with Gasteiger partial charge in [-0.15, -0.1) is 0 Å². The van der Waals surface area contributed by atoms with Gasteiger partial charge in [-0.05, 0) is 54.7 Å². The predicted molar refractivity (Wildman–Crippen MR) is 118 cm³/mol. The average Bonchev–Trinajstić information content (AvgIpc) is 3.12. The van der Waals surface area contributed by atoms with Gasteiger partial charge in [0.15, 0.2) is 0 Å². The second-order valence-electron chi connectivity index (χ2n) is 7.56. The van der Waals surface area contributed by atoms with Crippen molar-refractivity contribution in [3.05, 3.63) is 76.7 Å². The lowest BCUT2D eigenvalue weighted by Crippen LogP contribution is -2.43. The maximum absolute atomic E-state index is 13.2. The first kappa shape index (κ1) is 22.0. The first-order valence-corrected chi connectivity index (χ1v) is 11.7. The molecule has 0 radical (unpaired) electrons. The third-order valence-corrected chi connectivity index (χ3v) is 7.05. The monoisotopic (exact) mass is 454 g/mol. The molecular formula is C22H23FN6O2S. The van der Waals surface area contributed by atoms with Crippen molar-refractivity contribution in [2.24, 2.45) is 0 Å². The van der Waals surface area contributed by atoms with Crippen LogP contribution in [0.15, 0.2) is 48.5 Å². The van der Waals surface area contributed by atoms with E-state index in [1.54, 1.807) is 0 Å². The van der Waals surface area contributed by atoms with Crippen LogP contribution < -0.4 is 10.5 Å². The number of rotatable bonds is 7. The summed E-state index contributed by atoms with van der Waals surface area (Å²) in [5.41, 5.74) is 9.51. The highest BCUT2D eigenvalue weighted by Gasteiger charge is 2.26. The number of hydrogen-bond acceptors (Lipinski definition) is 5. The molecule has 10 heteroatoms. The van der Waals surface area contributed by atoms with Crippen molar-refractivity contribution < 1.29 is 12.8 Å². The number of fused-ring (bicyclic) bond motifs is 1. The average molecular weight is 455 g/mol. The molecule has 166 valence electrons. The van der Waals surface area contributed by atoms with E-state index in [-0.39, 0.29) is 23.7 Å². The van der Waals surface area contributed by atoms with E-state index in [1.165, 1.54) is 38.8 Å². The van der Waals surface area contributed by atoms with Gasteiger partial charge in [0, 0.05) is 19.6 Å². The first-order chi connectivity index (χ1) is 15.4. The summed E-state index contributed by atoms with van der Waals surface area (Å²) in [6.07, 6.45) is 1.49. The molecule has 0 amide bonds. The molecule has 1 aliphatic rings. The fraction of sp³-hybridized carbons (Fsp3) is 0.273. The van der Waals surface area contributed by atoms with E-state index in [0.717, 1.165) is 5.56 Å². The summed E-state index contributed by atoms with van der Waals surface area (Å²) in [5, 5.41) is 13.9. The Balaban J connectivity index is 1.38. The Morgan fingerprint density at radius 1 is 1.16 bits per heavy atom. The third-order valence-electron chi connectivity index (χ3n) is 5.49. The summed E-state index contributed by atoms with van der Waals surface area (Å²) in [4.78, 5) is 0. The van der Waals surface area contributed by atoms with Crippen molar-refractivity contribution in [3.8, 4) is 11.8 Å². The Labute approximate surface area is 186 Å². The molecule has 32 heavy (non-hydrogen) atoms. The Bertz CT molecular complexity index is 1260. The first-order valence-electron chi connectivity index (χ1n) is 10.2. The molecule has 2 aromatic carbocycles. The van der Waals surface area contributed by atoms with Gasteiger partial charge in [-0.3, -0.25) is 0 Å². The van der Waals surface area contributed by atoms with Gasteiger partial charge in [0.25, 0.3) is 10.2 Å². The van der Waals surface area contributed by atoms with Gasteiger partial charge in [0.2, 0.25) is 0 Å². The van der Waals surface area contributed by atoms with Gasteiger partial charge in [-0.25, -0.2) is 13.8 Å². The molecule has 8 nitrogen and oxygen atoms in total. The molecular weight excluding hydrogens is 431 g/mol. The SMILES string of the molecule is N#Cc1c(CCCNS(=O)(=O)N2CCc3ccccc3C2)nn(-c2ccc(F)cc2)c1N. The molecule has 2 heterocycles. The normalized spacial score (nSPS) is 14.1. The number of hydrogen-bond donors (Lipinski definition) is 2. The van der Waals surface area contributed by atoms with Crippen LogP contribution in [-0.4, -0.2) is 35.6 Å². The van der Waals surface area contributed by atoms with Crippen molar-refractivity contribution in [2.45, 2.75) is 25.8 Å². The van der Waals surface area contributed by atoms with E-state index >= 15 is 0 Å². The van der Waals surface area contributed by atoms with Crippen LogP contribution in [0.4, 0.5) is 10.2 Å². The number of nitrogen functional groups attached to an aromatic ring is 1. The molecule has 0 atom stereocenters. The van der Waals surface area contributed by atoms with Crippen LogP contribution in [0.1, 0.15) is 28.8 Å². The summed E-state index contributed by atoms with van der Waals surface area (Å²) >= 11 is 0. The van der Waals surface area contributed by atoms with Crippen LogP contribution in [0.3, 0.4) is 0 Å². The lowest BCUT2D eigenvalue weighted by Gasteiger charge is -2.28. The maximum atomic E-state index is 13.2. The molecule has 0 spiro atoms. The summed E-state index contributed by atoms with van der Waals surface area (Å²) in [6, 6.07) is 15.5. The van der Waals surface area contributed by atoms with Gasteiger partial charge in [0.1, 0.15) is 23.3 Å². The molecule has 0 aliphatic carbocycles. The number of aryl methyl sites for hydroxylation is 1. The number of nitrogens with zero attached hydrogens (tertiary/aromatic N) is 4. The van der Waals surface area contributed by atoms with Crippen LogP contribution in [0.5, 0.6) is 0 Å². The zero-order valence-electron chi connectivity index (χ0n) is 17.3. The van der Waals surface area contributed by atoms with E-state index in [9.17, 15) is 18.1 Å². The Kier molecular flexibility index (Phi) is 6.23.